The number of para-hydroxylation sites is 1. The average molecular weight is 302 g/mol. The molecule has 2 atom stereocenters. The van der Waals surface area contributed by atoms with Gasteiger partial charge in [0.2, 0.25) is 0 Å². The summed E-state index contributed by atoms with van der Waals surface area (Å²) in [5.41, 5.74) is 2.12. The predicted molar refractivity (Wildman–Crippen MR) is 86.6 cm³/mol. The summed E-state index contributed by atoms with van der Waals surface area (Å²) in [7, 11) is 0. The quantitative estimate of drug-likeness (QED) is 0.863. The van der Waals surface area contributed by atoms with Crippen LogP contribution in [0.5, 0.6) is 0 Å². The van der Waals surface area contributed by atoms with Gasteiger partial charge in [-0.3, -0.25) is 4.90 Å². The molecule has 1 N–H and O–H groups in total. The number of aromatic nitrogens is 1. The zero-order valence-electron chi connectivity index (χ0n) is 12.1. The number of nitrogens with zero attached hydrogens (tertiary/aromatic N) is 2. The van der Waals surface area contributed by atoms with Gasteiger partial charge in [-0.25, -0.2) is 4.98 Å². The van der Waals surface area contributed by atoms with Gasteiger partial charge in [0.15, 0.2) is 0 Å². The van der Waals surface area contributed by atoms with E-state index in [1.165, 1.54) is 24.6 Å². The summed E-state index contributed by atoms with van der Waals surface area (Å²) >= 11 is 6.39. The van der Waals surface area contributed by atoms with E-state index < -0.39 is 0 Å². The topological polar surface area (TPSA) is 28.2 Å². The standard InChI is InChI=1S/C17H20ClN3/c18-17-13(9-12-3-1-2-4-16(12)20-17)10-21-8-7-14-5-6-15(11-21)19-14/h1-4,9,14-15,19H,5-8,10-11H2. The minimum atomic E-state index is 0.649. The molecule has 2 aliphatic heterocycles. The van der Waals surface area contributed by atoms with Gasteiger partial charge in [0, 0.05) is 42.7 Å². The molecule has 4 heteroatoms. The Hall–Kier alpha value is -1.16. The number of hydrogen-bond acceptors (Lipinski definition) is 3. The number of likely N-dealkylation sites (tertiary alicyclic amines) is 1. The highest BCUT2D eigenvalue weighted by atomic mass is 35.5. The molecule has 3 heterocycles. The van der Waals surface area contributed by atoms with Gasteiger partial charge in [-0.1, -0.05) is 29.8 Å². The second-order valence-electron chi connectivity index (χ2n) is 6.29. The lowest BCUT2D eigenvalue weighted by Crippen LogP contribution is -2.35. The highest BCUT2D eigenvalue weighted by molar-refractivity contribution is 6.30. The largest absolute Gasteiger partial charge is 0.310 e. The molecule has 4 rings (SSSR count). The molecule has 2 aliphatic rings. The number of rotatable bonds is 2. The summed E-state index contributed by atoms with van der Waals surface area (Å²) in [5, 5.41) is 5.54. The number of nitrogens with one attached hydrogen (secondary N) is 1. The van der Waals surface area contributed by atoms with Crippen molar-refractivity contribution in [2.75, 3.05) is 13.1 Å². The summed E-state index contributed by atoms with van der Waals surface area (Å²) in [5.74, 6) is 0. The maximum absolute atomic E-state index is 6.39. The number of fused-ring (bicyclic) bond motifs is 3. The van der Waals surface area contributed by atoms with Crippen molar-refractivity contribution in [1.82, 2.24) is 15.2 Å². The molecule has 0 radical (unpaired) electrons. The van der Waals surface area contributed by atoms with Gasteiger partial charge in [0.1, 0.15) is 5.15 Å². The third-order valence-electron chi connectivity index (χ3n) is 4.75. The fourth-order valence-electron chi connectivity index (χ4n) is 3.65. The van der Waals surface area contributed by atoms with Crippen molar-refractivity contribution >= 4 is 22.5 Å². The van der Waals surface area contributed by atoms with Crippen LogP contribution in [-0.2, 0) is 6.54 Å². The molecule has 2 aromatic rings. The van der Waals surface area contributed by atoms with E-state index in [0.717, 1.165) is 36.8 Å². The van der Waals surface area contributed by atoms with E-state index in [4.69, 9.17) is 11.6 Å². The van der Waals surface area contributed by atoms with Gasteiger partial charge < -0.3 is 5.32 Å². The number of benzene rings is 1. The minimum absolute atomic E-state index is 0.649. The van der Waals surface area contributed by atoms with Crippen LogP contribution in [0.2, 0.25) is 5.15 Å². The third-order valence-corrected chi connectivity index (χ3v) is 5.08. The van der Waals surface area contributed by atoms with Crippen molar-refractivity contribution in [1.29, 1.82) is 0 Å². The maximum atomic E-state index is 6.39. The normalized spacial score (nSPS) is 26.1. The number of pyridine rings is 1. The zero-order chi connectivity index (χ0) is 14.2. The van der Waals surface area contributed by atoms with Crippen molar-refractivity contribution in [3.63, 3.8) is 0 Å². The van der Waals surface area contributed by atoms with E-state index >= 15 is 0 Å². The number of halogens is 1. The van der Waals surface area contributed by atoms with Crippen LogP contribution in [0.1, 0.15) is 24.8 Å². The molecule has 0 spiro atoms. The van der Waals surface area contributed by atoms with Gasteiger partial charge in [-0.2, -0.15) is 0 Å². The first-order chi connectivity index (χ1) is 10.3. The van der Waals surface area contributed by atoms with Crippen LogP contribution in [0.3, 0.4) is 0 Å². The Kier molecular flexibility index (Phi) is 3.57. The fraction of sp³-hybridized carbons (Fsp3) is 0.471. The molecule has 0 aliphatic carbocycles. The molecule has 2 unspecified atom stereocenters. The highest BCUT2D eigenvalue weighted by Gasteiger charge is 2.29. The lowest BCUT2D eigenvalue weighted by Gasteiger charge is -2.24. The van der Waals surface area contributed by atoms with Gasteiger partial charge >= 0.3 is 0 Å². The van der Waals surface area contributed by atoms with Gasteiger partial charge in [0.05, 0.1) is 5.52 Å². The Bertz CT molecular complexity index is 658. The van der Waals surface area contributed by atoms with Crippen LogP contribution >= 0.6 is 11.6 Å². The van der Waals surface area contributed by atoms with Crippen molar-refractivity contribution in [2.45, 2.75) is 37.9 Å². The second-order valence-corrected chi connectivity index (χ2v) is 6.65. The fourth-order valence-corrected chi connectivity index (χ4v) is 3.85. The van der Waals surface area contributed by atoms with Crippen LogP contribution in [0.15, 0.2) is 30.3 Å². The Morgan fingerprint density at radius 2 is 2.05 bits per heavy atom. The molecular formula is C17H20ClN3. The van der Waals surface area contributed by atoms with E-state index in [2.05, 4.69) is 33.4 Å². The number of hydrogen-bond donors (Lipinski definition) is 1. The summed E-state index contributed by atoms with van der Waals surface area (Å²) in [4.78, 5) is 7.06. The van der Waals surface area contributed by atoms with Gasteiger partial charge in [-0.05, 0) is 31.4 Å². The summed E-state index contributed by atoms with van der Waals surface area (Å²) in [6.45, 7) is 3.18. The van der Waals surface area contributed by atoms with E-state index in [-0.39, 0.29) is 0 Å². The molecule has 2 saturated heterocycles. The molecule has 110 valence electrons. The minimum Gasteiger partial charge on any atom is -0.310 e. The van der Waals surface area contributed by atoms with Crippen molar-refractivity contribution < 1.29 is 0 Å². The maximum Gasteiger partial charge on any atom is 0.134 e. The molecule has 1 aromatic heterocycles. The summed E-state index contributed by atoms with van der Waals surface area (Å²) in [6, 6.07) is 11.8. The van der Waals surface area contributed by atoms with Crippen LogP contribution in [-0.4, -0.2) is 35.1 Å². The average Bonchev–Trinajstić information content (AvgIpc) is 2.82. The molecule has 2 bridgehead atoms. The van der Waals surface area contributed by atoms with Crippen molar-refractivity contribution in [2.24, 2.45) is 0 Å². The van der Waals surface area contributed by atoms with Gasteiger partial charge in [0.25, 0.3) is 0 Å². The van der Waals surface area contributed by atoms with Crippen molar-refractivity contribution in [3.05, 3.63) is 41.0 Å². The first-order valence-corrected chi connectivity index (χ1v) is 8.18. The monoisotopic (exact) mass is 301 g/mol. The summed E-state index contributed by atoms with van der Waals surface area (Å²) in [6.07, 6.45) is 3.90. The molecule has 1 aromatic carbocycles. The van der Waals surface area contributed by atoms with E-state index in [1.54, 1.807) is 0 Å². The first-order valence-electron chi connectivity index (χ1n) is 7.80. The SMILES string of the molecule is Clc1nc2ccccc2cc1CN1CCC2CCC(C1)N2. The van der Waals surface area contributed by atoms with Crippen LogP contribution in [0, 0.1) is 0 Å². The van der Waals surface area contributed by atoms with E-state index in [1.807, 2.05) is 12.1 Å². The molecular weight excluding hydrogens is 282 g/mol. The predicted octanol–water partition coefficient (Wildman–Crippen LogP) is 3.21. The summed E-state index contributed by atoms with van der Waals surface area (Å²) < 4.78 is 0. The lowest BCUT2D eigenvalue weighted by molar-refractivity contribution is 0.251. The van der Waals surface area contributed by atoms with Crippen LogP contribution < -0.4 is 5.32 Å². The zero-order valence-corrected chi connectivity index (χ0v) is 12.8. The van der Waals surface area contributed by atoms with E-state index in [0.29, 0.717) is 11.2 Å². The van der Waals surface area contributed by atoms with Gasteiger partial charge in [-0.15, -0.1) is 0 Å². The lowest BCUT2D eigenvalue weighted by atomic mass is 10.1. The smallest absolute Gasteiger partial charge is 0.134 e. The Morgan fingerprint density at radius 3 is 3.00 bits per heavy atom. The molecule has 0 amide bonds. The molecule has 0 saturated carbocycles. The Morgan fingerprint density at radius 1 is 1.19 bits per heavy atom. The van der Waals surface area contributed by atoms with Crippen LogP contribution in [0.25, 0.3) is 10.9 Å². The van der Waals surface area contributed by atoms with Crippen LogP contribution in [0.4, 0.5) is 0 Å². The Balaban J connectivity index is 1.57. The second kappa shape index (κ2) is 5.56. The third kappa shape index (κ3) is 2.78. The first kappa shape index (κ1) is 13.5. The highest BCUT2D eigenvalue weighted by Crippen LogP contribution is 2.25. The molecule has 2 fully saturated rings. The molecule has 21 heavy (non-hydrogen) atoms. The molecule has 3 nitrogen and oxygen atoms in total. The van der Waals surface area contributed by atoms with E-state index in [9.17, 15) is 0 Å². The van der Waals surface area contributed by atoms with Crippen molar-refractivity contribution in [3.8, 4) is 0 Å². The Labute approximate surface area is 130 Å².